The Hall–Kier alpha value is -9.67. The molecule has 3 aromatic carbocycles. The molecular formula is C116H148N10O19S2. The lowest BCUT2D eigenvalue weighted by atomic mass is 9.53. The van der Waals surface area contributed by atoms with Crippen LogP contribution >= 0.6 is 24.0 Å². The van der Waals surface area contributed by atoms with Crippen LogP contribution in [0.2, 0.25) is 0 Å². The molecule has 147 heavy (non-hydrogen) atoms. The summed E-state index contributed by atoms with van der Waals surface area (Å²) in [4.78, 5) is 140. The zero-order chi connectivity index (χ0) is 105. The Morgan fingerprint density at radius 2 is 0.741 bits per heavy atom. The van der Waals surface area contributed by atoms with E-state index >= 15 is 0 Å². The van der Waals surface area contributed by atoms with E-state index in [1.165, 1.54) is 7.11 Å². The second-order valence-electron chi connectivity index (χ2n) is 46.3. The molecule has 0 radical (unpaired) electrons. The van der Waals surface area contributed by atoms with E-state index in [1.807, 2.05) is 125 Å². The molecule has 0 amide bonds. The Balaban J connectivity index is 0.000000111. The number of rotatable bonds is 5. The molecule has 7 saturated carbocycles. The first-order chi connectivity index (χ1) is 70.1. The van der Waals surface area contributed by atoms with Crippen LogP contribution < -0.4 is 27.8 Å². The summed E-state index contributed by atoms with van der Waals surface area (Å²) in [6.07, 6.45) is 21.5. The van der Waals surface area contributed by atoms with Crippen LogP contribution in [-0.2, 0) is 149 Å². The highest BCUT2D eigenvalue weighted by Crippen LogP contribution is 2.63. The lowest BCUT2D eigenvalue weighted by molar-refractivity contribution is -0.244. The first-order valence-corrected chi connectivity index (χ1v) is 55.4. The van der Waals surface area contributed by atoms with Crippen molar-refractivity contribution in [2.75, 3.05) is 66.2 Å². The molecule has 1 unspecified atom stereocenters. The fourth-order valence-electron chi connectivity index (χ4n) is 30.9. The van der Waals surface area contributed by atoms with Crippen molar-refractivity contribution in [3.05, 3.63) is 216 Å². The summed E-state index contributed by atoms with van der Waals surface area (Å²) in [7, 11) is 8.58. The van der Waals surface area contributed by atoms with Crippen molar-refractivity contribution in [1.29, 1.82) is 0 Å². The van der Waals surface area contributed by atoms with Crippen LogP contribution in [0.15, 0.2) is 132 Å². The van der Waals surface area contributed by atoms with Gasteiger partial charge in [0.15, 0.2) is 44.6 Å². The number of nitrogens with one attached hydrogen (secondary N) is 2. The van der Waals surface area contributed by atoms with Crippen LogP contribution in [-0.4, -0.2) is 166 Å². The molecular weight excluding hydrogens is 1900 g/mol. The number of hydrogen-bond donors (Lipinski definition) is 3. The monoisotopic (exact) mass is 2050 g/mol. The van der Waals surface area contributed by atoms with E-state index in [0.717, 1.165) is 212 Å². The lowest BCUT2D eigenvalue weighted by Gasteiger charge is -2.54. The molecule has 3 N–H and O–H groups in total. The van der Waals surface area contributed by atoms with E-state index < -0.39 is 39.9 Å². The van der Waals surface area contributed by atoms with E-state index in [-0.39, 0.29) is 108 Å². The van der Waals surface area contributed by atoms with Gasteiger partial charge < -0.3 is 52.7 Å². The summed E-state index contributed by atoms with van der Waals surface area (Å²) in [5, 5.41) is 10.4. The van der Waals surface area contributed by atoms with Gasteiger partial charge in [0.05, 0.1) is 89.0 Å². The van der Waals surface area contributed by atoms with Gasteiger partial charge >= 0.3 is 5.97 Å². The molecule has 12 aliphatic carbocycles. The fraction of sp³-hybridized carbons (Fsp3) is 0.621. The van der Waals surface area contributed by atoms with Crippen molar-refractivity contribution < 1.29 is 66.9 Å². The number of H-pyrrole nitrogens is 2. The van der Waals surface area contributed by atoms with Gasteiger partial charge in [0.25, 0.3) is 27.8 Å². The number of aromatic nitrogens is 10. The number of fused-ring (bicyclic) bond motifs is 16. The molecule has 16 aliphatic rings. The second-order valence-corrected chi connectivity index (χ2v) is 47.5. The highest BCUT2D eigenvalue weighted by atomic mass is 32.2. The largest absolute Gasteiger partial charge is 0.515 e. The molecule has 4 aliphatic heterocycles. The predicted octanol–water partition coefficient (Wildman–Crippen LogP) is 16.9. The van der Waals surface area contributed by atoms with E-state index in [9.17, 15) is 48.3 Å². The minimum Gasteiger partial charge on any atom is -0.515 e. The number of ether oxygens (including phenoxy) is 9. The Morgan fingerprint density at radius 1 is 0.408 bits per heavy atom. The standard InChI is InChI=1S/C23H28N2O3.C22H24N2O3.C21H24N2O2.C18H26N2O3S.C16H22N2O3S.C16H24O5/c1-15-18-10-9-17-19(22(18,2)11-12-23(15)27-13-14-28-23)24-20(25(3)21(17)26)16-7-5-4-6-8-16;1-13-17-10-9-16-19(22(17,2)11-15(12-25)18(13)26)23-20(24(3)21(16)27)14-7-5-4-6-8-14;1-13-16-10-9-15-18(21(16,2)12-11-17(13)24)22-19(23(3)20(15)25)14-7-5-4-6-8-14;1-11-13-6-5-12-14(19-16(24-4)20(3)15(12)21)17(13,2)7-8-18(11)22-9-10-23-18;1-9-11-4-3-10-12(17-14(22)18-13(10)19)15(11,2)5-6-16(9)20-7-8-21-16;1-10-12-5-4-11(14(18)19-3)13(17)15(12,2)6-7-16(10)20-8-9-21-16/h4-8,15,18H,9-14H2,1-3H3;4-8,12-13,17,25H,9-11H2,1-3H3;4-8,13,16H,9-12H2,1-3H3;11,13H,5-10H2,1-4H3;9,11H,3-8H2,1-2H3,(H2,17,18,19,22);10-12H,4-9H2,1-3H3/b;15-12-;;;;/t15-,18-,22-;13-,17-,22-;13-,16-,21-;11-,13-,17-;9-,11-,15-;10-,11?,12-,15-/m000000/s1. The normalized spacial score (nSPS) is 32.9. The number of aliphatic hydroxyl groups excluding tert-OH is 1. The Bertz CT molecular complexity index is 6830. The summed E-state index contributed by atoms with van der Waals surface area (Å²) < 4.78 is 60.0. The van der Waals surface area contributed by atoms with Crippen molar-refractivity contribution in [3.8, 4) is 34.2 Å². The Morgan fingerprint density at radius 3 is 1.13 bits per heavy atom. The maximum absolute atomic E-state index is 13.2. The van der Waals surface area contributed by atoms with E-state index in [4.69, 9.17) is 74.8 Å². The average molecular weight is 2050 g/mol. The number of methoxy groups -OCH3 is 1. The number of benzene rings is 3. The minimum absolute atomic E-state index is 0.00976. The molecule has 788 valence electrons. The van der Waals surface area contributed by atoms with Crippen molar-refractivity contribution in [2.24, 2.45) is 111 Å². The molecule has 9 heterocycles. The summed E-state index contributed by atoms with van der Waals surface area (Å²) in [5.41, 5.74) is 11.3. The second kappa shape index (κ2) is 40.5. The summed E-state index contributed by atoms with van der Waals surface area (Å²) in [5.74, 6) is 2.57. The van der Waals surface area contributed by atoms with Crippen LogP contribution in [0.5, 0.6) is 0 Å². The lowest BCUT2D eigenvalue weighted by Crippen LogP contribution is -2.58. The van der Waals surface area contributed by atoms with Crippen LogP contribution in [0.4, 0.5) is 0 Å². The molecule has 11 fully saturated rings. The number of carbonyl (C=O) groups is 4. The van der Waals surface area contributed by atoms with Gasteiger partial charge in [-0.1, -0.05) is 186 Å². The first kappa shape index (κ1) is 106. The van der Waals surface area contributed by atoms with Crippen LogP contribution in [0.3, 0.4) is 0 Å². The summed E-state index contributed by atoms with van der Waals surface area (Å²) in [6.45, 7) is 31.4. The maximum Gasteiger partial charge on any atom is 0.316 e. The summed E-state index contributed by atoms with van der Waals surface area (Å²) in [6, 6.07) is 29.6. The van der Waals surface area contributed by atoms with Gasteiger partial charge in [-0.3, -0.25) is 66.4 Å². The number of Topliss-reactive ketones (excluding diaryl/α,β-unsaturated/α-hetero) is 3. The molecule has 31 heteroatoms. The van der Waals surface area contributed by atoms with Crippen molar-refractivity contribution >= 4 is 47.3 Å². The Labute approximate surface area is 869 Å². The van der Waals surface area contributed by atoms with Gasteiger partial charge in [-0.25, -0.2) is 19.9 Å². The molecule has 8 aromatic rings. The van der Waals surface area contributed by atoms with Crippen LogP contribution in [0.1, 0.15) is 255 Å². The molecule has 4 saturated heterocycles. The van der Waals surface area contributed by atoms with E-state index in [1.54, 1.807) is 44.1 Å². The number of nitrogens with zero attached hydrogens (tertiary/aromatic N) is 8. The van der Waals surface area contributed by atoms with Crippen molar-refractivity contribution in [3.63, 3.8) is 0 Å². The van der Waals surface area contributed by atoms with Gasteiger partial charge in [-0.2, -0.15) is 0 Å². The number of aromatic amines is 2. The molecule has 24 rings (SSSR count). The van der Waals surface area contributed by atoms with Gasteiger partial charge in [-0.15, -0.1) is 0 Å². The highest BCUT2D eigenvalue weighted by Gasteiger charge is 2.65. The smallest absolute Gasteiger partial charge is 0.316 e. The number of aliphatic hydroxyl groups is 1. The van der Waals surface area contributed by atoms with E-state index in [0.29, 0.717) is 137 Å². The first-order valence-electron chi connectivity index (χ1n) is 53.7. The van der Waals surface area contributed by atoms with Gasteiger partial charge in [-0.05, 0) is 170 Å². The molecule has 4 spiro atoms. The van der Waals surface area contributed by atoms with Gasteiger partial charge in [0.2, 0.25) is 0 Å². The van der Waals surface area contributed by atoms with Gasteiger partial charge in [0, 0.05) is 184 Å². The predicted molar refractivity (Wildman–Crippen MR) is 560 cm³/mol. The molecule has 29 nitrogen and oxygen atoms in total. The zero-order valence-corrected chi connectivity index (χ0v) is 90.5. The molecule has 19 atom stereocenters. The van der Waals surface area contributed by atoms with Crippen LogP contribution in [0.25, 0.3) is 34.2 Å². The fourth-order valence-corrected chi connectivity index (χ4v) is 31.6. The number of thioether (sulfide) groups is 1. The van der Waals surface area contributed by atoms with Gasteiger partial charge in [0.1, 0.15) is 29.2 Å². The number of hydrogen-bond acceptors (Lipinski definition) is 25. The quantitative estimate of drug-likeness (QED) is 0.0274. The number of carbonyl (C=O) groups excluding carboxylic acids is 4. The summed E-state index contributed by atoms with van der Waals surface area (Å²) >= 11 is 6.74. The van der Waals surface area contributed by atoms with Crippen LogP contribution in [0, 0.1) is 87.1 Å². The third-order valence-electron chi connectivity index (χ3n) is 39.4. The average Bonchev–Trinajstić information content (AvgIpc) is 1.69. The molecule has 5 aromatic heterocycles. The van der Waals surface area contributed by atoms with E-state index in [2.05, 4.69) is 79.2 Å². The third kappa shape index (κ3) is 17.7. The number of allylic oxidation sites excluding steroid dienone is 1. The van der Waals surface area contributed by atoms with Crippen molar-refractivity contribution in [1.82, 2.24) is 48.2 Å². The topological polar surface area (TPSA) is 360 Å². The van der Waals surface area contributed by atoms with Crippen molar-refractivity contribution in [2.45, 2.75) is 286 Å². The highest BCUT2D eigenvalue weighted by molar-refractivity contribution is 7.98. The zero-order valence-electron chi connectivity index (χ0n) is 88.9. The SMILES string of the molecule is COC(=O)C1CC[C@H]2[C@H](C)C3(CC[C@]2(C)C1=O)OCCO3.CSc1nc2c(c(=O)n1C)CC[C@H]1[C@H](C)C3(CC[C@]21C)OCCO3.C[C@@H]1C(=O)/C(=C\O)C[C@]2(C)c3nc(-c4ccccc4)n(C)c(=O)c3CC[C@@H]12.C[C@@H]1C(=O)CC[C@]2(C)c3nc(-c4ccccc4)n(C)c(=O)c3CC[C@@H]12.C[C@H]1[C@@H]2CCc3c([nH]c(=S)[nH]c3=O)[C@@]2(C)CCC12OCCO2.C[C@H]1[C@@H]2CCc3c(nc(-c4ccccc4)n(C)c3=O)[C@@]2(C)CCC12OCCO2. The number of esters is 1. The third-order valence-corrected chi connectivity index (χ3v) is 40.4. The minimum atomic E-state index is -0.595. The Kier molecular flexibility index (Phi) is 29.1. The number of ketones is 3. The maximum atomic E-state index is 13.2. The molecule has 0 bridgehead atoms.